The van der Waals surface area contributed by atoms with Crippen molar-refractivity contribution >= 4 is 35.0 Å². The number of imidazole rings is 1. The molecule has 6 heteroatoms. The normalized spacial score (nSPS) is 17.6. The summed E-state index contributed by atoms with van der Waals surface area (Å²) in [6, 6.07) is 2.23. The Bertz CT molecular complexity index is 680. The molecular formula is C13H14F2N2S2. The van der Waals surface area contributed by atoms with E-state index in [0.29, 0.717) is 22.3 Å². The number of H-pyrrole nitrogens is 1. The first-order chi connectivity index (χ1) is 9.04. The van der Waals surface area contributed by atoms with E-state index >= 15 is 0 Å². The third-order valence-corrected chi connectivity index (χ3v) is 5.67. The van der Waals surface area contributed by atoms with Crippen molar-refractivity contribution in [1.29, 1.82) is 0 Å². The Hall–Kier alpha value is -0.880. The van der Waals surface area contributed by atoms with Gasteiger partial charge in [0.2, 0.25) is 0 Å². The quantitative estimate of drug-likeness (QED) is 0.855. The molecule has 0 unspecified atom stereocenters. The minimum absolute atomic E-state index is 0.163. The van der Waals surface area contributed by atoms with Crippen LogP contribution in [-0.2, 0) is 6.54 Å². The molecule has 0 amide bonds. The maximum absolute atomic E-state index is 13.7. The van der Waals surface area contributed by atoms with Crippen molar-refractivity contribution in [2.45, 2.75) is 30.6 Å². The molecule has 1 aliphatic rings. The minimum atomic E-state index is -0.591. The van der Waals surface area contributed by atoms with Crippen molar-refractivity contribution in [3.8, 4) is 0 Å². The van der Waals surface area contributed by atoms with Gasteiger partial charge >= 0.3 is 0 Å². The smallest absolute Gasteiger partial charge is 0.178 e. The first kappa shape index (κ1) is 13.1. The van der Waals surface area contributed by atoms with Crippen LogP contribution < -0.4 is 0 Å². The third-order valence-electron chi connectivity index (χ3n) is 3.95. The summed E-state index contributed by atoms with van der Waals surface area (Å²) in [4.78, 5) is 2.84. The van der Waals surface area contributed by atoms with E-state index in [1.807, 2.05) is 16.3 Å². The molecule has 2 aromatic rings. The number of nitrogens with zero attached hydrogens (tertiary/aromatic N) is 1. The summed E-state index contributed by atoms with van der Waals surface area (Å²) in [6.45, 7) is 0.704. The van der Waals surface area contributed by atoms with Crippen LogP contribution in [0, 0.1) is 16.4 Å². The first-order valence-electron chi connectivity index (χ1n) is 6.17. The Morgan fingerprint density at radius 1 is 1.42 bits per heavy atom. The fourth-order valence-electron chi connectivity index (χ4n) is 2.62. The van der Waals surface area contributed by atoms with Crippen molar-refractivity contribution in [3.63, 3.8) is 0 Å². The Labute approximate surface area is 119 Å². The van der Waals surface area contributed by atoms with E-state index < -0.39 is 11.6 Å². The average molecular weight is 300 g/mol. The Morgan fingerprint density at radius 3 is 2.74 bits per heavy atom. The second kappa shape index (κ2) is 4.59. The van der Waals surface area contributed by atoms with Crippen molar-refractivity contribution < 1.29 is 8.78 Å². The maximum Gasteiger partial charge on any atom is 0.178 e. The highest BCUT2D eigenvalue weighted by Gasteiger charge is 2.37. The molecular weight excluding hydrogens is 286 g/mol. The maximum atomic E-state index is 13.7. The number of hydrogen-bond donors (Lipinski definition) is 1. The van der Waals surface area contributed by atoms with Gasteiger partial charge in [-0.05, 0) is 37.4 Å². The van der Waals surface area contributed by atoms with E-state index in [-0.39, 0.29) is 4.75 Å². The van der Waals surface area contributed by atoms with Gasteiger partial charge in [-0.2, -0.15) is 11.8 Å². The van der Waals surface area contributed by atoms with E-state index in [1.54, 1.807) is 0 Å². The second-order valence-electron chi connectivity index (χ2n) is 5.04. The number of benzene rings is 1. The molecule has 0 radical (unpaired) electrons. The van der Waals surface area contributed by atoms with Gasteiger partial charge in [-0.1, -0.05) is 6.42 Å². The van der Waals surface area contributed by atoms with Crippen LogP contribution in [0.3, 0.4) is 0 Å². The van der Waals surface area contributed by atoms with E-state index in [9.17, 15) is 8.78 Å². The lowest BCUT2D eigenvalue weighted by Gasteiger charge is -2.40. The van der Waals surface area contributed by atoms with Gasteiger partial charge in [0, 0.05) is 17.4 Å². The van der Waals surface area contributed by atoms with Gasteiger partial charge in [0.15, 0.2) is 10.6 Å². The Balaban J connectivity index is 2.13. The molecule has 19 heavy (non-hydrogen) atoms. The van der Waals surface area contributed by atoms with Crippen LogP contribution >= 0.6 is 24.0 Å². The number of aromatic amines is 1. The number of thioether (sulfide) groups is 1. The number of aromatic nitrogens is 2. The van der Waals surface area contributed by atoms with Crippen LogP contribution in [0.15, 0.2) is 12.1 Å². The fourth-order valence-corrected chi connectivity index (χ4v) is 3.84. The van der Waals surface area contributed by atoms with Crippen LogP contribution in [0.25, 0.3) is 11.0 Å². The number of hydrogen-bond acceptors (Lipinski definition) is 2. The number of nitrogens with one attached hydrogen (secondary N) is 1. The topological polar surface area (TPSA) is 20.7 Å². The minimum Gasteiger partial charge on any atom is -0.328 e. The lowest BCUT2D eigenvalue weighted by molar-refractivity contribution is 0.323. The molecule has 0 aliphatic heterocycles. The molecule has 1 aromatic heterocycles. The molecule has 1 saturated carbocycles. The molecule has 0 spiro atoms. The molecule has 3 rings (SSSR count). The van der Waals surface area contributed by atoms with E-state index in [2.05, 4.69) is 11.2 Å². The van der Waals surface area contributed by atoms with Crippen molar-refractivity contribution in [3.05, 3.63) is 28.5 Å². The predicted octanol–water partition coefficient (Wildman–Crippen LogP) is 4.26. The molecule has 1 heterocycles. The van der Waals surface area contributed by atoms with Crippen molar-refractivity contribution in [1.82, 2.24) is 9.55 Å². The highest BCUT2D eigenvalue weighted by Crippen LogP contribution is 2.44. The summed E-state index contributed by atoms with van der Waals surface area (Å²) in [5.74, 6) is -1.16. The highest BCUT2D eigenvalue weighted by atomic mass is 32.2. The van der Waals surface area contributed by atoms with Crippen LogP contribution in [0.5, 0.6) is 0 Å². The molecule has 0 atom stereocenters. The summed E-state index contributed by atoms with van der Waals surface area (Å²) in [5, 5.41) is 0. The lowest BCUT2D eigenvalue weighted by atomic mass is 9.84. The van der Waals surface area contributed by atoms with Crippen LogP contribution in [0.4, 0.5) is 8.78 Å². The molecule has 1 N–H and O–H groups in total. The molecule has 0 saturated heterocycles. The second-order valence-corrected chi connectivity index (χ2v) is 6.70. The van der Waals surface area contributed by atoms with E-state index in [0.717, 1.165) is 18.9 Å². The predicted molar refractivity (Wildman–Crippen MR) is 77.1 cm³/mol. The summed E-state index contributed by atoms with van der Waals surface area (Å²) in [7, 11) is 0. The number of halogens is 2. The van der Waals surface area contributed by atoms with E-state index in [1.165, 1.54) is 12.5 Å². The van der Waals surface area contributed by atoms with Crippen LogP contribution in [-0.4, -0.2) is 20.6 Å². The van der Waals surface area contributed by atoms with Gasteiger partial charge in [0.05, 0.1) is 5.52 Å². The summed E-state index contributed by atoms with van der Waals surface area (Å²) < 4.78 is 29.6. The van der Waals surface area contributed by atoms with Crippen molar-refractivity contribution in [2.24, 2.45) is 0 Å². The first-order valence-corrected chi connectivity index (χ1v) is 7.81. The molecule has 1 aromatic carbocycles. The van der Waals surface area contributed by atoms with Gasteiger partial charge in [-0.15, -0.1) is 0 Å². The fraction of sp³-hybridized carbons (Fsp3) is 0.462. The van der Waals surface area contributed by atoms with Gasteiger partial charge in [0.25, 0.3) is 0 Å². The Morgan fingerprint density at radius 2 is 2.16 bits per heavy atom. The molecule has 1 fully saturated rings. The van der Waals surface area contributed by atoms with Gasteiger partial charge in [-0.3, -0.25) is 0 Å². The van der Waals surface area contributed by atoms with Gasteiger partial charge in [-0.25, -0.2) is 8.78 Å². The average Bonchev–Trinajstić information content (AvgIpc) is 2.61. The van der Waals surface area contributed by atoms with Crippen LogP contribution in [0.1, 0.15) is 19.3 Å². The molecule has 2 nitrogen and oxygen atoms in total. The highest BCUT2D eigenvalue weighted by molar-refractivity contribution is 8.00. The zero-order valence-electron chi connectivity index (χ0n) is 10.5. The monoisotopic (exact) mass is 300 g/mol. The molecule has 0 bridgehead atoms. The van der Waals surface area contributed by atoms with E-state index in [4.69, 9.17) is 12.2 Å². The SMILES string of the molecule is CSC1(Cn2c(=S)[nH]c3c(F)cc(F)cc32)CCC1. The van der Waals surface area contributed by atoms with Gasteiger partial charge in [0.1, 0.15) is 11.3 Å². The number of fused-ring (bicyclic) bond motifs is 1. The van der Waals surface area contributed by atoms with Crippen LogP contribution in [0.2, 0.25) is 0 Å². The molecule has 1 aliphatic carbocycles. The third kappa shape index (κ3) is 2.10. The summed E-state index contributed by atoms with van der Waals surface area (Å²) in [6.07, 6.45) is 5.54. The largest absolute Gasteiger partial charge is 0.328 e. The zero-order valence-corrected chi connectivity index (χ0v) is 12.1. The zero-order chi connectivity index (χ0) is 13.6. The standard InChI is InChI=1S/C13H14F2N2S2/c1-19-13(3-2-4-13)7-17-10-6-8(14)5-9(15)11(10)16-12(17)18/h5-6H,2-4,7H2,1H3,(H,16,18). The Kier molecular flexibility index (Phi) is 3.17. The lowest BCUT2D eigenvalue weighted by Crippen LogP contribution is -2.37. The summed E-state index contributed by atoms with van der Waals surface area (Å²) >= 11 is 7.07. The number of rotatable bonds is 3. The molecule has 102 valence electrons. The van der Waals surface area contributed by atoms with Gasteiger partial charge < -0.3 is 9.55 Å². The summed E-state index contributed by atoms with van der Waals surface area (Å²) in [5.41, 5.74) is 0.810. The van der Waals surface area contributed by atoms with Crippen molar-refractivity contribution in [2.75, 3.05) is 6.26 Å².